The van der Waals surface area contributed by atoms with E-state index in [1.54, 1.807) is 7.11 Å². The molecule has 5 heteroatoms. The number of carbonyl (C=O) groups excluding carboxylic acids is 1. The van der Waals surface area contributed by atoms with Crippen molar-refractivity contribution in [2.75, 3.05) is 33.3 Å². The van der Waals surface area contributed by atoms with E-state index in [1.165, 1.54) is 5.56 Å². The molecule has 0 spiro atoms. The number of rotatable bonds is 6. The van der Waals surface area contributed by atoms with Gasteiger partial charge in [0.25, 0.3) is 0 Å². The predicted octanol–water partition coefficient (Wildman–Crippen LogP) is 2.75. The van der Waals surface area contributed by atoms with Crippen LogP contribution in [0.5, 0.6) is 5.75 Å². The van der Waals surface area contributed by atoms with Crippen LogP contribution in [0.3, 0.4) is 0 Å². The van der Waals surface area contributed by atoms with Crippen LogP contribution >= 0.6 is 12.4 Å². The molecule has 2 rings (SSSR count). The molecule has 1 aliphatic heterocycles. The standard InChI is InChI=1S/C18H28N2O2.ClH/c1-18(2,3)13-20(17(21)15-11-19-12-15)10-9-14-5-7-16(22-4)8-6-14;/h5-8,15,19H,9-13H2,1-4H3;1H. The Morgan fingerprint density at radius 2 is 1.87 bits per heavy atom. The third kappa shape index (κ3) is 6.04. The van der Waals surface area contributed by atoms with E-state index < -0.39 is 0 Å². The Hall–Kier alpha value is -1.26. The molecule has 1 N–H and O–H groups in total. The zero-order valence-electron chi connectivity index (χ0n) is 14.6. The highest BCUT2D eigenvalue weighted by Gasteiger charge is 2.30. The minimum atomic E-state index is 0. The summed E-state index contributed by atoms with van der Waals surface area (Å²) >= 11 is 0. The maximum Gasteiger partial charge on any atom is 0.228 e. The Bertz CT molecular complexity index is 493. The SMILES string of the molecule is COc1ccc(CCN(CC(C)(C)C)C(=O)C2CNC2)cc1.Cl. The van der Waals surface area contributed by atoms with Crippen LogP contribution in [0.4, 0.5) is 0 Å². The van der Waals surface area contributed by atoms with E-state index in [9.17, 15) is 4.79 Å². The van der Waals surface area contributed by atoms with E-state index in [0.29, 0.717) is 5.91 Å². The monoisotopic (exact) mass is 340 g/mol. The molecule has 1 aromatic rings. The van der Waals surface area contributed by atoms with Crippen LogP contribution in [0, 0.1) is 11.3 Å². The molecule has 1 aliphatic rings. The van der Waals surface area contributed by atoms with Gasteiger partial charge >= 0.3 is 0 Å². The van der Waals surface area contributed by atoms with Gasteiger partial charge in [-0.3, -0.25) is 4.79 Å². The smallest absolute Gasteiger partial charge is 0.228 e. The number of carbonyl (C=O) groups is 1. The lowest BCUT2D eigenvalue weighted by Crippen LogP contribution is -2.53. The first kappa shape index (κ1) is 19.8. The summed E-state index contributed by atoms with van der Waals surface area (Å²) in [6.07, 6.45) is 0.881. The predicted molar refractivity (Wildman–Crippen MR) is 96.3 cm³/mol. The molecular formula is C18H29ClN2O2. The fraction of sp³-hybridized carbons (Fsp3) is 0.611. The molecule has 23 heavy (non-hydrogen) atoms. The zero-order valence-corrected chi connectivity index (χ0v) is 15.4. The number of nitrogens with one attached hydrogen (secondary N) is 1. The highest BCUT2D eigenvalue weighted by Crippen LogP contribution is 2.19. The van der Waals surface area contributed by atoms with Gasteiger partial charge in [0.05, 0.1) is 13.0 Å². The summed E-state index contributed by atoms with van der Waals surface area (Å²) in [6.45, 7) is 9.76. The van der Waals surface area contributed by atoms with Crippen molar-refractivity contribution in [1.29, 1.82) is 0 Å². The van der Waals surface area contributed by atoms with Crippen molar-refractivity contribution in [1.82, 2.24) is 10.2 Å². The molecule has 1 fully saturated rings. The van der Waals surface area contributed by atoms with E-state index >= 15 is 0 Å². The number of amides is 1. The zero-order chi connectivity index (χ0) is 16.2. The number of hydrogen-bond donors (Lipinski definition) is 1. The summed E-state index contributed by atoms with van der Waals surface area (Å²) in [5.41, 5.74) is 1.35. The quantitative estimate of drug-likeness (QED) is 0.865. The first-order valence-corrected chi connectivity index (χ1v) is 8.01. The van der Waals surface area contributed by atoms with Crippen LogP contribution in [-0.4, -0.2) is 44.1 Å². The third-order valence-corrected chi connectivity index (χ3v) is 3.94. The molecule has 0 unspecified atom stereocenters. The van der Waals surface area contributed by atoms with Crippen LogP contribution in [-0.2, 0) is 11.2 Å². The second-order valence-corrected chi connectivity index (χ2v) is 7.27. The Kier molecular flexibility index (Phi) is 7.36. The molecule has 130 valence electrons. The highest BCUT2D eigenvalue weighted by atomic mass is 35.5. The number of ether oxygens (including phenoxy) is 1. The topological polar surface area (TPSA) is 41.6 Å². The molecule has 1 amide bonds. The Labute approximate surface area is 146 Å². The number of benzene rings is 1. The number of halogens is 1. The fourth-order valence-corrected chi connectivity index (χ4v) is 2.62. The van der Waals surface area contributed by atoms with E-state index in [4.69, 9.17) is 4.74 Å². The first-order chi connectivity index (χ1) is 10.4. The molecule has 0 aromatic heterocycles. The number of hydrogen-bond acceptors (Lipinski definition) is 3. The lowest BCUT2D eigenvalue weighted by atomic mass is 9.94. The van der Waals surface area contributed by atoms with Crippen LogP contribution < -0.4 is 10.1 Å². The van der Waals surface area contributed by atoms with Gasteiger partial charge in [0.1, 0.15) is 5.75 Å². The van der Waals surface area contributed by atoms with E-state index in [1.807, 2.05) is 17.0 Å². The lowest BCUT2D eigenvalue weighted by molar-refractivity contribution is -0.138. The average molecular weight is 341 g/mol. The molecule has 0 atom stereocenters. The second kappa shape index (κ2) is 8.55. The van der Waals surface area contributed by atoms with E-state index in [-0.39, 0.29) is 23.7 Å². The molecule has 1 aromatic carbocycles. The lowest BCUT2D eigenvalue weighted by Gasteiger charge is -2.36. The van der Waals surface area contributed by atoms with Crippen LogP contribution in [0.2, 0.25) is 0 Å². The summed E-state index contributed by atoms with van der Waals surface area (Å²) < 4.78 is 5.18. The van der Waals surface area contributed by atoms with Crippen molar-refractivity contribution in [2.45, 2.75) is 27.2 Å². The van der Waals surface area contributed by atoms with Gasteiger partial charge in [0, 0.05) is 26.2 Å². The van der Waals surface area contributed by atoms with Crippen molar-refractivity contribution in [3.05, 3.63) is 29.8 Å². The molecule has 4 nitrogen and oxygen atoms in total. The third-order valence-electron chi connectivity index (χ3n) is 3.94. The summed E-state index contributed by atoms with van der Waals surface area (Å²) in [5, 5.41) is 3.18. The minimum Gasteiger partial charge on any atom is -0.497 e. The van der Waals surface area contributed by atoms with Crippen LogP contribution in [0.1, 0.15) is 26.3 Å². The minimum absolute atomic E-state index is 0. The molecule has 0 saturated carbocycles. The molecular weight excluding hydrogens is 312 g/mol. The summed E-state index contributed by atoms with van der Waals surface area (Å²) in [7, 11) is 1.67. The fourth-order valence-electron chi connectivity index (χ4n) is 2.62. The summed E-state index contributed by atoms with van der Waals surface area (Å²) in [5.74, 6) is 1.33. The molecule has 1 heterocycles. The van der Waals surface area contributed by atoms with Crippen molar-refractivity contribution >= 4 is 18.3 Å². The van der Waals surface area contributed by atoms with E-state index in [2.05, 4.69) is 38.2 Å². The average Bonchev–Trinajstić information content (AvgIpc) is 2.41. The van der Waals surface area contributed by atoms with Gasteiger partial charge in [-0.25, -0.2) is 0 Å². The van der Waals surface area contributed by atoms with Gasteiger partial charge in [-0.05, 0) is 29.5 Å². The maximum atomic E-state index is 12.6. The Balaban J connectivity index is 0.00000264. The van der Waals surface area contributed by atoms with Gasteiger partial charge in [-0.1, -0.05) is 32.9 Å². The molecule has 0 bridgehead atoms. The first-order valence-electron chi connectivity index (χ1n) is 8.01. The molecule has 0 aliphatic carbocycles. The Morgan fingerprint density at radius 3 is 2.30 bits per heavy atom. The van der Waals surface area contributed by atoms with Gasteiger partial charge in [-0.2, -0.15) is 0 Å². The normalized spacial score (nSPS) is 14.6. The molecule has 0 radical (unpaired) electrons. The van der Waals surface area contributed by atoms with Crippen LogP contribution in [0.15, 0.2) is 24.3 Å². The van der Waals surface area contributed by atoms with Crippen molar-refractivity contribution in [2.24, 2.45) is 11.3 Å². The van der Waals surface area contributed by atoms with E-state index in [0.717, 1.165) is 38.3 Å². The van der Waals surface area contributed by atoms with Gasteiger partial charge < -0.3 is 15.0 Å². The highest BCUT2D eigenvalue weighted by molar-refractivity contribution is 5.85. The largest absolute Gasteiger partial charge is 0.497 e. The summed E-state index contributed by atoms with van der Waals surface area (Å²) in [6, 6.07) is 8.09. The maximum absolute atomic E-state index is 12.6. The molecule has 1 saturated heterocycles. The van der Waals surface area contributed by atoms with Crippen molar-refractivity contribution in [3.63, 3.8) is 0 Å². The number of methoxy groups -OCH3 is 1. The Morgan fingerprint density at radius 1 is 1.26 bits per heavy atom. The van der Waals surface area contributed by atoms with Crippen molar-refractivity contribution in [3.8, 4) is 5.75 Å². The van der Waals surface area contributed by atoms with Gasteiger partial charge in [-0.15, -0.1) is 12.4 Å². The van der Waals surface area contributed by atoms with Gasteiger partial charge in [0.15, 0.2) is 0 Å². The number of nitrogens with zero attached hydrogens (tertiary/aromatic N) is 1. The van der Waals surface area contributed by atoms with Crippen molar-refractivity contribution < 1.29 is 9.53 Å². The van der Waals surface area contributed by atoms with Gasteiger partial charge in [0.2, 0.25) is 5.91 Å². The van der Waals surface area contributed by atoms with Crippen LogP contribution in [0.25, 0.3) is 0 Å². The summed E-state index contributed by atoms with van der Waals surface area (Å²) in [4.78, 5) is 14.6. The second-order valence-electron chi connectivity index (χ2n) is 7.27.